The van der Waals surface area contributed by atoms with Crippen LogP contribution in [0.3, 0.4) is 0 Å². The van der Waals surface area contributed by atoms with Gasteiger partial charge in [0.2, 0.25) is 0 Å². The van der Waals surface area contributed by atoms with E-state index in [9.17, 15) is 4.79 Å². The molecule has 2 aromatic rings. The molecule has 16 heavy (non-hydrogen) atoms. The smallest absolute Gasteiger partial charge is 0.359 e. The first-order valence-electron chi connectivity index (χ1n) is 4.64. The van der Waals surface area contributed by atoms with E-state index in [-0.39, 0.29) is 5.69 Å². The predicted octanol–water partition coefficient (Wildman–Crippen LogP) is 2.93. The molecular weight excluding hydrogens is 295 g/mol. The molecule has 0 amide bonds. The minimum absolute atomic E-state index is 0.231. The number of imidazole rings is 1. The van der Waals surface area contributed by atoms with Gasteiger partial charge in [0.25, 0.3) is 0 Å². The van der Waals surface area contributed by atoms with E-state index in [1.807, 2.05) is 0 Å². The van der Waals surface area contributed by atoms with Crippen LogP contribution in [0.1, 0.15) is 17.4 Å². The third-order valence-electron chi connectivity index (χ3n) is 2.01. The largest absolute Gasteiger partial charge is 0.461 e. The van der Waals surface area contributed by atoms with Gasteiger partial charge in [-0.3, -0.25) is 4.40 Å². The van der Waals surface area contributed by atoms with Crippen molar-refractivity contribution in [3.05, 3.63) is 33.6 Å². The van der Waals surface area contributed by atoms with Crippen LogP contribution in [-0.4, -0.2) is 22.0 Å². The van der Waals surface area contributed by atoms with Crippen molar-refractivity contribution >= 4 is 39.1 Å². The highest BCUT2D eigenvalue weighted by molar-refractivity contribution is 9.10. The Morgan fingerprint density at radius 3 is 3.00 bits per heavy atom. The molecule has 0 atom stereocenters. The summed E-state index contributed by atoms with van der Waals surface area (Å²) in [5, 5.41) is 0.479. The molecular formula is C10H8BrClN2O2. The monoisotopic (exact) mass is 302 g/mol. The van der Waals surface area contributed by atoms with Crippen molar-refractivity contribution < 1.29 is 9.53 Å². The number of nitrogens with zero attached hydrogens (tertiary/aromatic N) is 2. The van der Waals surface area contributed by atoms with Crippen molar-refractivity contribution in [3.63, 3.8) is 0 Å². The second kappa shape index (κ2) is 4.43. The van der Waals surface area contributed by atoms with Crippen LogP contribution >= 0.6 is 27.5 Å². The molecule has 2 rings (SSSR count). The third-order valence-corrected chi connectivity index (χ3v) is 3.03. The van der Waals surface area contributed by atoms with E-state index >= 15 is 0 Å². The summed E-state index contributed by atoms with van der Waals surface area (Å²) >= 11 is 9.29. The van der Waals surface area contributed by atoms with Gasteiger partial charge < -0.3 is 4.74 Å². The SMILES string of the molecule is CCOC(=O)c1nc2cccc(Cl)n2c1Br. The second-order valence-corrected chi connectivity index (χ2v) is 4.15. The molecule has 2 heterocycles. The molecule has 0 unspecified atom stereocenters. The van der Waals surface area contributed by atoms with Crippen LogP contribution in [0.4, 0.5) is 0 Å². The number of hydrogen-bond donors (Lipinski definition) is 0. The average Bonchev–Trinajstić information content (AvgIpc) is 2.58. The lowest BCUT2D eigenvalue weighted by molar-refractivity contribution is 0.0519. The number of carbonyl (C=O) groups is 1. The maximum Gasteiger partial charge on any atom is 0.359 e. The van der Waals surface area contributed by atoms with E-state index < -0.39 is 5.97 Å². The zero-order valence-electron chi connectivity index (χ0n) is 8.41. The van der Waals surface area contributed by atoms with Crippen LogP contribution in [0.5, 0.6) is 0 Å². The molecule has 0 spiro atoms. The summed E-state index contributed by atoms with van der Waals surface area (Å²) < 4.78 is 7.03. The number of fused-ring (bicyclic) bond motifs is 1. The number of carbonyl (C=O) groups excluding carboxylic acids is 1. The van der Waals surface area contributed by atoms with E-state index in [1.54, 1.807) is 29.5 Å². The number of hydrogen-bond acceptors (Lipinski definition) is 3. The minimum Gasteiger partial charge on any atom is -0.461 e. The van der Waals surface area contributed by atoms with Gasteiger partial charge >= 0.3 is 5.97 Å². The molecule has 0 aliphatic heterocycles. The Kier molecular flexibility index (Phi) is 3.16. The molecule has 6 heteroatoms. The van der Waals surface area contributed by atoms with Gasteiger partial charge in [0.15, 0.2) is 5.69 Å². The molecule has 4 nitrogen and oxygen atoms in total. The molecule has 0 fully saturated rings. The zero-order valence-corrected chi connectivity index (χ0v) is 10.7. The van der Waals surface area contributed by atoms with Crippen LogP contribution in [0, 0.1) is 0 Å². The first-order valence-corrected chi connectivity index (χ1v) is 5.82. The van der Waals surface area contributed by atoms with Crippen molar-refractivity contribution in [1.82, 2.24) is 9.38 Å². The predicted molar refractivity (Wildman–Crippen MR) is 63.9 cm³/mol. The summed E-state index contributed by atoms with van der Waals surface area (Å²) in [4.78, 5) is 15.7. The molecule has 0 aliphatic carbocycles. The summed E-state index contributed by atoms with van der Waals surface area (Å²) in [7, 11) is 0. The Bertz CT molecular complexity index is 553. The second-order valence-electron chi connectivity index (χ2n) is 3.01. The van der Waals surface area contributed by atoms with Crippen LogP contribution in [-0.2, 0) is 4.74 Å². The summed E-state index contributed by atoms with van der Waals surface area (Å²) in [6.45, 7) is 2.06. The molecule has 0 aromatic carbocycles. The molecule has 0 N–H and O–H groups in total. The number of ether oxygens (including phenoxy) is 1. The van der Waals surface area contributed by atoms with Crippen molar-refractivity contribution in [2.45, 2.75) is 6.92 Å². The van der Waals surface area contributed by atoms with Crippen molar-refractivity contribution in [2.75, 3.05) is 6.61 Å². The summed E-state index contributed by atoms with van der Waals surface area (Å²) in [5.74, 6) is -0.464. The van der Waals surface area contributed by atoms with Crippen molar-refractivity contribution in [1.29, 1.82) is 0 Å². The third kappa shape index (κ3) is 1.81. The summed E-state index contributed by atoms with van der Waals surface area (Å²) in [6.07, 6.45) is 0. The lowest BCUT2D eigenvalue weighted by Crippen LogP contribution is -2.05. The quantitative estimate of drug-likeness (QED) is 0.633. The van der Waals surface area contributed by atoms with E-state index in [2.05, 4.69) is 20.9 Å². The molecule has 2 aromatic heterocycles. The lowest BCUT2D eigenvalue weighted by Gasteiger charge is -1.99. The zero-order chi connectivity index (χ0) is 11.7. The van der Waals surface area contributed by atoms with E-state index in [1.165, 1.54) is 0 Å². The van der Waals surface area contributed by atoms with Crippen LogP contribution in [0.2, 0.25) is 5.15 Å². The highest BCUT2D eigenvalue weighted by Crippen LogP contribution is 2.23. The van der Waals surface area contributed by atoms with Crippen LogP contribution < -0.4 is 0 Å². The molecule has 0 saturated carbocycles. The van der Waals surface area contributed by atoms with Gasteiger partial charge in [-0.05, 0) is 35.0 Å². The Morgan fingerprint density at radius 2 is 2.38 bits per heavy atom. The molecule has 0 aliphatic rings. The van der Waals surface area contributed by atoms with Gasteiger partial charge in [0.05, 0.1) is 6.61 Å². The maximum atomic E-state index is 11.6. The Labute approximate surface area is 105 Å². The van der Waals surface area contributed by atoms with Crippen molar-refractivity contribution in [2.24, 2.45) is 0 Å². The standard InChI is InChI=1S/C10H8BrClN2O2/c1-2-16-10(15)8-9(11)14-6(12)4-3-5-7(14)13-8/h3-5H,2H2,1H3. The van der Waals surface area contributed by atoms with Gasteiger partial charge in [-0.25, -0.2) is 9.78 Å². The number of aromatic nitrogens is 2. The van der Waals surface area contributed by atoms with Crippen LogP contribution in [0.15, 0.2) is 22.8 Å². The fraction of sp³-hybridized carbons (Fsp3) is 0.200. The number of esters is 1. The fourth-order valence-corrected chi connectivity index (χ4v) is 2.32. The molecule has 0 radical (unpaired) electrons. The topological polar surface area (TPSA) is 43.6 Å². The molecule has 84 valence electrons. The number of rotatable bonds is 2. The fourth-order valence-electron chi connectivity index (χ4n) is 1.35. The van der Waals surface area contributed by atoms with Gasteiger partial charge in [-0.1, -0.05) is 17.7 Å². The van der Waals surface area contributed by atoms with Crippen LogP contribution in [0.25, 0.3) is 5.65 Å². The first-order chi connectivity index (χ1) is 7.65. The van der Waals surface area contributed by atoms with E-state index in [4.69, 9.17) is 16.3 Å². The minimum atomic E-state index is -0.464. The normalized spacial score (nSPS) is 10.7. The first kappa shape index (κ1) is 11.4. The lowest BCUT2D eigenvalue weighted by atomic mass is 10.5. The number of pyridine rings is 1. The summed E-state index contributed by atoms with van der Waals surface area (Å²) in [5.41, 5.74) is 0.831. The highest BCUT2D eigenvalue weighted by Gasteiger charge is 2.19. The Balaban J connectivity index is 2.61. The van der Waals surface area contributed by atoms with E-state index in [0.29, 0.717) is 22.0 Å². The van der Waals surface area contributed by atoms with Gasteiger partial charge in [0, 0.05) is 0 Å². The van der Waals surface area contributed by atoms with Gasteiger partial charge in [0.1, 0.15) is 15.4 Å². The number of halogens is 2. The van der Waals surface area contributed by atoms with Crippen molar-refractivity contribution in [3.8, 4) is 0 Å². The van der Waals surface area contributed by atoms with E-state index in [0.717, 1.165) is 0 Å². The Hall–Kier alpha value is -1.07. The van der Waals surface area contributed by atoms with Gasteiger partial charge in [-0.15, -0.1) is 0 Å². The maximum absolute atomic E-state index is 11.6. The molecule has 0 saturated heterocycles. The average molecular weight is 304 g/mol. The summed E-state index contributed by atoms with van der Waals surface area (Å²) in [6, 6.07) is 5.25. The highest BCUT2D eigenvalue weighted by atomic mass is 79.9. The molecule has 0 bridgehead atoms. The van der Waals surface area contributed by atoms with Gasteiger partial charge in [-0.2, -0.15) is 0 Å². The Morgan fingerprint density at radius 1 is 1.62 bits per heavy atom.